The number of phosphoric acid groups is 1. The molecule has 3 unspecified atom stereocenters. The number of quaternary nitrogens is 1. The van der Waals surface area contributed by atoms with Gasteiger partial charge in [0.2, 0.25) is 5.91 Å². The van der Waals surface area contributed by atoms with Crippen LogP contribution < -0.4 is 5.32 Å². The van der Waals surface area contributed by atoms with Crippen LogP contribution in [0.2, 0.25) is 0 Å². The summed E-state index contributed by atoms with van der Waals surface area (Å²) in [6.07, 6.45) is 48.1. The topological polar surface area (TPSA) is 105 Å². The first-order valence-electron chi connectivity index (χ1n) is 23.4. The van der Waals surface area contributed by atoms with Crippen molar-refractivity contribution >= 4 is 13.7 Å². The van der Waals surface area contributed by atoms with Crippen LogP contribution >= 0.6 is 7.82 Å². The molecule has 3 N–H and O–H groups in total. The van der Waals surface area contributed by atoms with Crippen molar-refractivity contribution in [2.24, 2.45) is 0 Å². The molecule has 330 valence electrons. The Kier molecular flexibility index (Phi) is 38.3. The van der Waals surface area contributed by atoms with E-state index in [1.165, 1.54) is 135 Å². The number of nitrogens with one attached hydrogen (secondary N) is 1. The van der Waals surface area contributed by atoms with E-state index in [1.54, 1.807) is 6.08 Å². The van der Waals surface area contributed by atoms with Gasteiger partial charge >= 0.3 is 7.82 Å². The molecule has 9 heteroatoms. The lowest BCUT2D eigenvalue weighted by Crippen LogP contribution is -2.45. The number of unbranched alkanes of at least 4 members (excludes halogenated alkanes) is 25. The second kappa shape index (κ2) is 39.2. The fraction of sp³-hybridized carbons (Fsp3) is 0.851. The lowest BCUT2D eigenvalue weighted by molar-refractivity contribution is -0.870. The zero-order chi connectivity index (χ0) is 41.4. The van der Waals surface area contributed by atoms with E-state index >= 15 is 0 Å². The molecule has 0 rings (SSSR count). The van der Waals surface area contributed by atoms with E-state index in [4.69, 9.17) is 9.05 Å². The highest BCUT2D eigenvalue weighted by molar-refractivity contribution is 7.47. The molecule has 3 atom stereocenters. The Morgan fingerprint density at radius 1 is 0.589 bits per heavy atom. The van der Waals surface area contributed by atoms with Crippen molar-refractivity contribution in [1.29, 1.82) is 0 Å². The van der Waals surface area contributed by atoms with Crippen LogP contribution in [0.1, 0.15) is 206 Å². The Labute approximate surface area is 347 Å². The molecule has 0 heterocycles. The minimum absolute atomic E-state index is 0.0544. The van der Waals surface area contributed by atoms with Gasteiger partial charge in [0, 0.05) is 6.42 Å². The van der Waals surface area contributed by atoms with E-state index in [1.807, 2.05) is 27.2 Å². The third kappa shape index (κ3) is 40.9. The molecule has 0 aliphatic carbocycles. The minimum Gasteiger partial charge on any atom is -0.387 e. The van der Waals surface area contributed by atoms with Gasteiger partial charge in [0.15, 0.2) is 0 Å². The van der Waals surface area contributed by atoms with Gasteiger partial charge in [-0.15, -0.1) is 0 Å². The molecule has 0 aromatic carbocycles. The molecule has 0 bridgehead atoms. The second-order valence-corrected chi connectivity index (χ2v) is 18.6. The van der Waals surface area contributed by atoms with Crippen LogP contribution in [0.25, 0.3) is 0 Å². The summed E-state index contributed by atoms with van der Waals surface area (Å²) in [5.41, 5.74) is 0. The average molecular weight is 812 g/mol. The van der Waals surface area contributed by atoms with Crippen molar-refractivity contribution in [3.63, 3.8) is 0 Å². The average Bonchev–Trinajstić information content (AvgIpc) is 3.15. The molecule has 0 aromatic rings. The van der Waals surface area contributed by atoms with Crippen LogP contribution in [0, 0.1) is 0 Å². The highest BCUT2D eigenvalue weighted by Crippen LogP contribution is 2.43. The number of aliphatic hydroxyl groups excluding tert-OH is 1. The van der Waals surface area contributed by atoms with Crippen molar-refractivity contribution in [3.8, 4) is 0 Å². The van der Waals surface area contributed by atoms with Gasteiger partial charge in [-0.1, -0.05) is 198 Å². The van der Waals surface area contributed by atoms with Crippen LogP contribution in [-0.2, 0) is 18.4 Å². The van der Waals surface area contributed by atoms with E-state index in [0.29, 0.717) is 17.4 Å². The number of likely N-dealkylation sites (N-methyl/N-ethyl adjacent to an activating group) is 1. The number of aliphatic hydroxyl groups is 1. The molecule has 1 amide bonds. The van der Waals surface area contributed by atoms with Gasteiger partial charge in [0.05, 0.1) is 39.9 Å². The Hall–Kier alpha value is -1.28. The van der Waals surface area contributed by atoms with Gasteiger partial charge in [-0.05, 0) is 38.5 Å². The van der Waals surface area contributed by atoms with E-state index in [2.05, 4.69) is 43.5 Å². The number of nitrogens with zero attached hydrogens (tertiary/aromatic N) is 1. The predicted octanol–water partition coefficient (Wildman–Crippen LogP) is 13.1. The van der Waals surface area contributed by atoms with E-state index in [0.717, 1.165) is 51.4 Å². The Morgan fingerprint density at radius 2 is 0.982 bits per heavy atom. The number of carbonyl (C=O) groups excluding carboxylic acids is 1. The molecule has 0 saturated heterocycles. The molecule has 0 spiro atoms. The molecule has 0 fully saturated rings. The Balaban J connectivity index is 4.23. The normalized spacial score (nSPS) is 14.6. The fourth-order valence-electron chi connectivity index (χ4n) is 6.61. The molecule has 56 heavy (non-hydrogen) atoms. The van der Waals surface area contributed by atoms with Crippen molar-refractivity contribution in [1.82, 2.24) is 5.32 Å². The molecule has 0 aliphatic rings. The van der Waals surface area contributed by atoms with Crippen LogP contribution in [0.4, 0.5) is 0 Å². The Bertz CT molecular complexity index is 1010. The SMILES string of the molecule is CCC/C=C/CC/C=C/CC/C=C/C(O)C(COP(=O)(O)OCC[N+](C)(C)C)NC(=O)CCCCCCCCCCCCCCCCCCCCCCCCC. The maximum atomic E-state index is 12.9. The van der Waals surface area contributed by atoms with E-state index in [9.17, 15) is 19.4 Å². The first-order chi connectivity index (χ1) is 27.0. The zero-order valence-corrected chi connectivity index (χ0v) is 38.3. The van der Waals surface area contributed by atoms with Crippen molar-refractivity contribution in [2.75, 3.05) is 40.9 Å². The molecule has 0 aliphatic heterocycles. The van der Waals surface area contributed by atoms with Crippen molar-refractivity contribution in [2.45, 2.75) is 219 Å². The predicted molar refractivity (Wildman–Crippen MR) is 240 cm³/mol. The second-order valence-electron chi connectivity index (χ2n) is 17.1. The molecule has 8 nitrogen and oxygen atoms in total. The third-order valence-corrected chi connectivity index (χ3v) is 11.3. The molecular formula is C47H92N2O6P+. The van der Waals surface area contributed by atoms with Gasteiger partial charge in [-0.3, -0.25) is 13.8 Å². The van der Waals surface area contributed by atoms with Gasteiger partial charge in [0.25, 0.3) is 0 Å². The standard InChI is InChI=1S/C47H91N2O6P/c1-6-8-10-12-14-16-18-19-20-21-22-23-24-25-26-27-28-29-31-33-35-37-39-41-47(51)48-45(44-55-56(52,53)54-43-42-49(3,4)5)46(50)40-38-36-34-32-30-17-15-13-11-9-7-2/h11,13,30,32,38,40,45-46,50H,6-10,12,14-29,31,33-37,39,41-44H2,1-5H3,(H-,48,51,52,53)/p+1/b13-11+,32-30+,40-38+. The van der Waals surface area contributed by atoms with E-state index < -0.39 is 20.0 Å². The lowest BCUT2D eigenvalue weighted by atomic mass is 10.0. The zero-order valence-electron chi connectivity index (χ0n) is 37.4. The van der Waals surface area contributed by atoms with E-state index in [-0.39, 0.29) is 19.1 Å². The van der Waals surface area contributed by atoms with Crippen LogP contribution in [0.5, 0.6) is 0 Å². The number of hydrogen-bond donors (Lipinski definition) is 3. The quantitative estimate of drug-likeness (QED) is 0.0245. The number of rotatable bonds is 42. The van der Waals surface area contributed by atoms with Crippen LogP contribution in [0.3, 0.4) is 0 Å². The van der Waals surface area contributed by atoms with Crippen molar-refractivity contribution in [3.05, 3.63) is 36.5 Å². The van der Waals surface area contributed by atoms with Gasteiger partial charge < -0.3 is 19.8 Å². The number of carbonyl (C=O) groups is 1. The van der Waals surface area contributed by atoms with Gasteiger partial charge in [0.1, 0.15) is 13.2 Å². The largest absolute Gasteiger partial charge is 0.472 e. The maximum Gasteiger partial charge on any atom is 0.472 e. The summed E-state index contributed by atoms with van der Waals surface area (Å²) < 4.78 is 23.5. The summed E-state index contributed by atoms with van der Waals surface area (Å²) in [6.45, 7) is 4.72. The summed E-state index contributed by atoms with van der Waals surface area (Å²) in [7, 11) is 1.55. The molecular weight excluding hydrogens is 719 g/mol. The van der Waals surface area contributed by atoms with Crippen molar-refractivity contribution < 1.29 is 32.9 Å². The summed E-state index contributed by atoms with van der Waals surface area (Å²) in [4.78, 5) is 23.1. The summed E-state index contributed by atoms with van der Waals surface area (Å²) >= 11 is 0. The molecule has 0 saturated carbocycles. The van der Waals surface area contributed by atoms with Gasteiger partial charge in [-0.25, -0.2) is 4.57 Å². The number of phosphoric ester groups is 1. The van der Waals surface area contributed by atoms with Crippen LogP contribution in [0.15, 0.2) is 36.5 Å². The summed E-state index contributed by atoms with van der Waals surface area (Å²) in [5.74, 6) is -0.191. The monoisotopic (exact) mass is 812 g/mol. The highest BCUT2D eigenvalue weighted by Gasteiger charge is 2.27. The smallest absolute Gasteiger partial charge is 0.387 e. The minimum atomic E-state index is -4.34. The summed E-state index contributed by atoms with van der Waals surface area (Å²) in [5, 5.41) is 13.8. The first-order valence-corrected chi connectivity index (χ1v) is 24.9. The lowest BCUT2D eigenvalue weighted by Gasteiger charge is -2.25. The fourth-order valence-corrected chi connectivity index (χ4v) is 7.35. The third-order valence-electron chi connectivity index (χ3n) is 10.3. The molecule has 0 aromatic heterocycles. The number of hydrogen-bond acceptors (Lipinski definition) is 5. The number of amides is 1. The maximum absolute atomic E-state index is 12.9. The number of allylic oxidation sites excluding steroid dienone is 5. The Morgan fingerprint density at radius 3 is 1.39 bits per heavy atom. The highest BCUT2D eigenvalue weighted by atomic mass is 31.2. The molecule has 0 radical (unpaired) electrons. The van der Waals surface area contributed by atoms with Gasteiger partial charge in [-0.2, -0.15) is 0 Å². The van der Waals surface area contributed by atoms with Crippen LogP contribution in [-0.4, -0.2) is 73.4 Å². The first kappa shape index (κ1) is 54.7. The summed E-state index contributed by atoms with van der Waals surface area (Å²) in [6, 6.07) is -0.865.